The molecule has 33 heavy (non-hydrogen) atoms. The van der Waals surface area contributed by atoms with Gasteiger partial charge in [-0.25, -0.2) is 19.3 Å². The van der Waals surface area contributed by atoms with Crippen LogP contribution in [0.3, 0.4) is 0 Å². The summed E-state index contributed by atoms with van der Waals surface area (Å²) in [6, 6.07) is 7.45. The number of piperazine rings is 1. The Morgan fingerprint density at radius 2 is 1.76 bits per heavy atom. The van der Waals surface area contributed by atoms with Gasteiger partial charge in [-0.1, -0.05) is 36.9 Å². The molecule has 2 atom stereocenters. The first-order valence-corrected chi connectivity index (χ1v) is 10.8. The Hall–Kier alpha value is -3.76. The molecule has 0 aliphatic carbocycles. The number of aliphatic carboxylic acids is 1. The highest BCUT2D eigenvalue weighted by molar-refractivity contribution is 6.07. The number of carbonyl (C=O) groups excluding carboxylic acids is 3. The lowest BCUT2D eigenvalue weighted by molar-refractivity contribution is -0.167. The van der Waals surface area contributed by atoms with E-state index < -0.39 is 36.0 Å². The second-order valence-corrected chi connectivity index (χ2v) is 7.99. The molecule has 0 aromatic heterocycles. The van der Waals surface area contributed by atoms with E-state index in [4.69, 9.17) is 10.5 Å². The van der Waals surface area contributed by atoms with Crippen molar-refractivity contribution in [3.05, 3.63) is 48.3 Å². The Kier molecular flexibility index (Phi) is 7.75. The van der Waals surface area contributed by atoms with Crippen LogP contribution in [-0.4, -0.2) is 82.6 Å². The van der Waals surface area contributed by atoms with Gasteiger partial charge in [0, 0.05) is 32.7 Å². The molecule has 2 aliphatic rings. The average Bonchev–Trinajstić information content (AvgIpc) is 2.80. The maximum Gasteiger partial charge on any atom is 0.410 e. The number of likely N-dealkylation sites (tertiary alicyclic amines) is 1. The standard InChI is InChI=1S/C22H29N5O6/c1-15(23)24-9-5-8-17-18(20(29)30)27(19(17)28)21(31)25-10-12-26(13-11-25)22(32)33-14-16-6-3-2-4-7-16/h2-4,6-7,17-18,24H,1,5,8-14,23H2,(H,29,30)/t17-,18?/m1/s1. The molecule has 2 heterocycles. The Bertz CT molecular complexity index is 900. The van der Waals surface area contributed by atoms with Crippen molar-refractivity contribution in [2.45, 2.75) is 25.5 Å². The maximum absolute atomic E-state index is 12.9. The van der Waals surface area contributed by atoms with E-state index in [1.54, 1.807) is 0 Å². The smallest absolute Gasteiger partial charge is 0.410 e. The third-order valence-electron chi connectivity index (χ3n) is 5.73. The lowest BCUT2D eigenvalue weighted by atomic mass is 9.83. The number of carbonyl (C=O) groups is 4. The van der Waals surface area contributed by atoms with Crippen molar-refractivity contribution in [1.29, 1.82) is 0 Å². The normalized spacial score (nSPS) is 20.1. The number of carboxylic acid groups (broad SMARTS) is 1. The minimum absolute atomic E-state index is 0.150. The molecule has 0 radical (unpaired) electrons. The molecule has 0 spiro atoms. The number of rotatable bonds is 8. The van der Waals surface area contributed by atoms with E-state index in [1.165, 1.54) is 9.80 Å². The van der Waals surface area contributed by atoms with Crippen LogP contribution in [0, 0.1) is 5.92 Å². The van der Waals surface area contributed by atoms with Crippen LogP contribution in [0.25, 0.3) is 0 Å². The highest BCUT2D eigenvalue weighted by Crippen LogP contribution is 2.32. The summed E-state index contributed by atoms with van der Waals surface area (Å²) in [6.07, 6.45) is 0.353. The number of hydrogen-bond donors (Lipinski definition) is 3. The lowest BCUT2D eigenvalue weighted by Crippen LogP contribution is -2.69. The molecular formula is C22H29N5O6. The zero-order valence-corrected chi connectivity index (χ0v) is 18.3. The zero-order chi connectivity index (χ0) is 24.0. The predicted octanol–water partition coefficient (Wildman–Crippen LogP) is 0.772. The zero-order valence-electron chi connectivity index (χ0n) is 18.3. The summed E-state index contributed by atoms with van der Waals surface area (Å²) in [7, 11) is 0. The van der Waals surface area contributed by atoms with Gasteiger partial charge in [0.2, 0.25) is 5.91 Å². The van der Waals surface area contributed by atoms with Crippen LogP contribution in [0.15, 0.2) is 42.7 Å². The van der Waals surface area contributed by atoms with Crippen molar-refractivity contribution in [3.8, 4) is 0 Å². The number of hydrogen-bond acceptors (Lipinski definition) is 7. The van der Waals surface area contributed by atoms with Gasteiger partial charge in [0.15, 0.2) is 6.04 Å². The minimum Gasteiger partial charge on any atom is -0.480 e. The van der Waals surface area contributed by atoms with E-state index in [9.17, 15) is 24.3 Å². The summed E-state index contributed by atoms with van der Waals surface area (Å²) in [5, 5.41) is 12.4. The lowest BCUT2D eigenvalue weighted by Gasteiger charge is -2.46. The Labute approximate surface area is 191 Å². The molecule has 11 nitrogen and oxygen atoms in total. The van der Waals surface area contributed by atoms with E-state index in [-0.39, 0.29) is 32.8 Å². The molecule has 1 unspecified atom stereocenters. The quantitative estimate of drug-likeness (QED) is 0.382. The molecule has 11 heteroatoms. The number of nitrogens with two attached hydrogens (primary N) is 1. The second kappa shape index (κ2) is 10.7. The summed E-state index contributed by atoms with van der Waals surface area (Å²) >= 11 is 0. The largest absolute Gasteiger partial charge is 0.480 e. The Morgan fingerprint density at radius 1 is 1.12 bits per heavy atom. The maximum atomic E-state index is 12.9. The first-order valence-electron chi connectivity index (χ1n) is 10.8. The summed E-state index contributed by atoms with van der Waals surface area (Å²) < 4.78 is 5.31. The fourth-order valence-electron chi connectivity index (χ4n) is 3.94. The summed E-state index contributed by atoms with van der Waals surface area (Å²) in [4.78, 5) is 53.1. The van der Waals surface area contributed by atoms with Crippen LogP contribution in [-0.2, 0) is 20.9 Å². The third-order valence-corrected chi connectivity index (χ3v) is 5.73. The van der Waals surface area contributed by atoms with Gasteiger partial charge < -0.3 is 30.7 Å². The van der Waals surface area contributed by atoms with Gasteiger partial charge in [0.25, 0.3) is 0 Å². The second-order valence-electron chi connectivity index (χ2n) is 7.99. The summed E-state index contributed by atoms with van der Waals surface area (Å²) in [5.74, 6) is -2.17. The van der Waals surface area contributed by atoms with Crippen molar-refractivity contribution in [2.24, 2.45) is 11.7 Å². The van der Waals surface area contributed by atoms with Gasteiger partial charge in [-0.3, -0.25) is 4.79 Å². The number of benzene rings is 1. The van der Waals surface area contributed by atoms with E-state index in [1.807, 2.05) is 30.3 Å². The topological polar surface area (TPSA) is 146 Å². The van der Waals surface area contributed by atoms with Gasteiger partial charge in [0.1, 0.15) is 6.61 Å². The minimum atomic E-state index is -1.22. The number of carboxylic acids is 1. The van der Waals surface area contributed by atoms with Crippen LogP contribution in [0.1, 0.15) is 18.4 Å². The number of imide groups is 1. The molecule has 4 amide bonds. The van der Waals surface area contributed by atoms with Crippen molar-refractivity contribution in [1.82, 2.24) is 20.0 Å². The van der Waals surface area contributed by atoms with Crippen LogP contribution in [0.2, 0.25) is 0 Å². The molecule has 178 valence electrons. The fraction of sp³-hybridized carbons (Fsp3) is 0.455. The number of β-lactam (4-membered cyclic amide) rings is 1. The van der Waals surface area contributed by atoms with E-state index in [0.29, 0.717) is 25.2 Å². The van der Waals surface area contributed by atoms with Gasteiger partial charge in [-0.05, 0) is 18.4 Å². The SMILES string of the molecule is C=C(N)NCCC[C@H]1C(=O)N(C(=O)N2CCN(C(=O)OCc3ccccc3)CC2)C1C(=O)O. The molecule has 0 bridgehead atoms. The molecule has 4 N–H and O–H groups in total. The van der Waals surface area contributed by atoms with Gasteiger partial charge in [0.05, 0.1) is 11.7 Å². The van der Waals surface area contributed by atoms with E-state index >= 15 is 0 Å². The van der Waals surface area contributed by atoms with Crippen molar-refractivity contribution in [2.75, 3.05) is 32.7 Å². The van der Waals surface area contributed by atoms with Crippen LogP contribution < -0.4 is 11.1 Å². The number of urea groups is 1. The molecule has 2 aliphatic heterocycles. The predicted molar refractivity (Wildman–Crippen MR) is 117 cm³/mol. The third kappa shape index (κ3) is 5.73. The Morgan fingerprint density at radius 3 is 2.36 bits per heavy atom. The highest BCUT2D eigenvalue weighted by atomic mass is 16.6. The molecular weight excluding hydrogens is 430 g/mol. The van der Waals surface area contributed by atoms with Gasteiger partial charge >= 0.3 is 18.1 Å². The number of ether oxygens (including phenoxy) is 1. The molecule has 2 saturated heterocycles. The first kappa shape index (κ1) is 23.9. The van der Waals surface area contributed by atoms with Gasteiger partial charge in [-0.15, -0.1) is 0 Å². The van der Waals surface area contributed by atoms with Crippen molar-refractivity contribution >= 4 is 24.0 Å². The fourth-order valence-corrected chi connectivity index (χ4v) is 3.94. The van der Waals surface area contributed by atoms with Gasteiger partial charge in [-0.2, -0.15) is 0 Å². The average molecular weight is 460 g/mol. The molecule has 1 aromatic rings. The van der Waals surface area contributed by atoms with Crippen LogP contribution in [0.5, 0.6) is 0 Å². The van der Waals surface area contributed by atoms with Crippen LogP contribution in [0.4, 0.5) is 9.59 Å². The molecule has 0 saturated carbocycles. The number of amides is 4. The molecule has 2 fully saturated rings. The van der Waals surface area contributed by atoms with E-state index in [2.05, 4.69) is 11.9 Å². The number of nitrogens with one attached hydrogen (secondary N) is 1. The monoisotopic (exact) mass is 459 g/mol. The van der Waals surface area contributed by atoms with Crippen molar-refractivity contribution in [3.63, 3.8) is 0 Å². The molecule has 1 aromatic carbocycles. The summed E-state index contributed by atoms with van der Waals surface area (Å²) in [5.41, 5.74) is 6.29. The summed E-state index contributed by atoms with van der Waals surface area (Å²) in [6.45, 7) is 4.95. The van der Waals surface area contributed by atoms with Crippen LogP contribution >= 0.6 is 0 Å². The highest BCUT2D eigenvalue weighted by Gasteiger charge is 2.55. The van der Waals surface area contributed by atoms with Crippen molar-refractivity contribution < 1.29 is 29.0 Å². The Balaban J connectivity index is 1.48. The first-order chi connectivity index (χ1) is 15.8. The molecule has 3 rings (SSSR count). The van der Waals surface area contributed by atoms with E-state index in [0.717, 1.165) is 10.5 Å². The number of nitrogens with zero attached hydrogens (tertiary/aromatic N) is 3.